The van der Waals surface area contributed by atoms with Gasteiger partial charge in [0.25, 0.3) is 0 Å². The molecule has 1 atom stereocenters. The van der Waals surface area contributed by atoms with Gasteiger partial charge in [-0.25, -0.2) is 18.4 Å². The fourth-order valence-corrected chi connectivity index (χ4v) is 2.80. The van der Waals surface area contributed by atoms with Crippen molar-refractivity contribution in [3.63, 3.8) is 0 Å². The summed E-state index contributed by atoms with van der Waals surface area (Å²) in [4.78, 5) is 26.5. The molecule has 0 spiro atoms. The highest BCUT2D eigenvalue weighted by Crippen LogP contribution is 2.21. The molecule has 0 fully saturated rings. The average Bonchev–Trinajstić information content (AvgIpc) is 2.99. The Morgan fingerprint density at radius 3 is 2.70 bits per heavy atom. The number of halogens is 2. The molecular weight excluding hydrogens is 356 g/mol. The number of amides is 2. The number of aliphatic carboxylic acids is 1. The van der Waals surface area contributed by atoms with E-state index in [1.54, 1.807) is 19.2 Å². The molecule has 2 aromatic carbocycles. The maximum absolute atomic E-state index is 13.7. The van der Waals surface area contributed by atoms with Crippen LogP contribution in [0, 0.1) is 18.6 Å². The number of nitrogens with one attached hydrogen (secondary N) is 3. The van der Waals surface area contributed by atoms with Crippen LogP contribution in [0.5, 0.6) is 0 Å². The second-order valence-electron chi connectivity index (χ2n) is 6.18. The Morgan fingerprint density at radius 1 is 1.19 bits per heavy atom. The van der Waals surface area contributed by atoms with Gasteiger partial charge in [-0.15, -0.1) is 0 Å². The Hall–Kier alpha value is -3.42. The highest BCUT2D eigenvalue weighted by Gasteiger charge is 2.22. The number of urea groups is 1. The zero-order valence-corrected chi connectivity index (χ0v) is 14.3. The third kappa shape index (κ3) is 4.22. The summed E-state index contributed by atoms with van der Waals surface area (Å²) < 4.78 is 27.0. The SMILES string of the molecule is Cc1ccc(F)c(NC(=O)NC(Cc2c[nH]c3cc(F)ccc23)C(=O)O)c1. The molecule has 0 aliphatic carbocycles. The zero-order valence-electron chi connectivity index (χ0n) is 14.3. The highest BCUT2D eigenvalue weighted by atomic mass is 19.1. The van der Waals surface area contributed by atoms with E-state index in [0.717, 1.165) is 5.56 Å². The van der Waals surface area contributed by atoms with Gasteiger partial charge in [-0.3, -0.25) is 0 Å². The largest absolute Gasteiger partial charge is 0.480 e. The second-order valence-corrected chi connectivity index (χ2v) is 6.18. The maximum Gasteiger partial charge on any atom is 0.326 e. The van der Waals surface area contributed by atoms with Crippen LogP contribution in [0.1, 0.15) is 11.1 Å². The van der Waals surface area contributed by atoms with Gasteiger partial charge in [0.1, 0.15) is 17.7 Å². The Kier molecular flexibility index (Phi) is 5.07. The van der Waals surface area contributed by atoms with Gasteiger partial charge < -0.3 is 20.7 Å². The van der Waals surface area contributed by atoms with Gasteiger partial charge >= 0.3 is 12.0 Å². The van der Waals surface area contributed by atoms with E-state index in [-0.39, 0.29) is 12.1 Å². The molecule has 140 valence electrons. The molecule has 0 aliphatic heterocycles. The third-order valence-electron chi connectivity index (χ3n) is 4.13. The molecule has 0 aliphatic rings. The molecule has 8 heteroatoms. The lowest BCUT2D eigenvalue weighted by molar-refractivity contribution is -0.139. The molecular formula is C19H17F2N3O3. The van der Waals surface area contributed by atoms with Crippen LogP contribution in [0.3, 0.4) is 0 Å². The first-order valence-electron chi connectivity index (χ1n) is 8.15. The van der Waals surface area contributed by atoms with Crippen LogP contribution in [0.4, 0.5) is 19.3 Å². The van der Waals surface area contributed by atoms with Gasteiger partial charge in [-0.2, -0.15) is 0 Å². The Balaban J connectivity index is 1.74. The van der Waals surface area contributed by atoms with Crippen molar-refractivity contribution < 1.29 is 23.5 Å². The summed E-state index contributed by atoms with van der Waals surface area (Å²) in [7, 11) is 0. The molecule has 3 aromatic rings. The molecule has 0 bridgehead atoms. The number of anilines is 1. The fraction of sp³-hybridized carbons (Fsp3) is 0.158. The number of fused-ring (bicyclic) bond motifs is 1. The summed E-state index contributed by atoms with van der Waals surface area (Å²) in [6.45, 7) is 1.74. The molecule has 0 saturated heterocycles. The molecule has 1 aromatic heterocycles. The number of aromatic nitrogens is 1. The zero-order chi connectivity index (χ0) is 19.6. The third-order valence-corrected chi connectivity index (χ3v) is 4.13. The predicted molar refractivity (Wildman–Crippen MR) is 96.7 cm³/mol. The standard InChI is InChI=1S/C19H17F2N3O3/c1-10-2-5-14(21)16(6-10)23-19(27)24-17(18(25)26)7-11-9-22-15-8-12(20)3-4-13(11)15/h2-6,8-9,17,22H,7H2,1H3,(H,25,26)(H2,23,24,27). The lowest BCUT2D eigenvalue weighted by Crippen LogP contribution is -2.44. The van der Waals surface area contributed by atoms with Crippen molar-refractivity contribution in [2.24, 2.45) is 0 Å². The van der Waals surface area contributed by atoms with E-state index in [1.807, 2.05) is 0 Å². The minimum Gasteiger partial charge on any atom is -0.480 e. The van der Waals surface area contributed by atoms with Gasteiger partial charge in [0.2, 0.25) is 0 Å². The summed E-state index contributed by atoms with van der Waals surface area (Å²) >= 11 is 0. The summed E-state index contributed by atoms with van der Waals surface area (Å²) in [6, 6.07) is 6.24. The van der Waals surface area contributed by atoms with Crippen LogP contribution >= 0.6 is 0 Å². The van der Waals surface area contributed by atoms with Crippen molar-refractivity contribution in [2.75, 3.05) is 5.32 Å². The molecule has 6 nitrogen and oxygen atoms in total. The summed E-state index contributed by atoms with van der Waals surface area (Å²) in [5, 5.41) is 14.7. The van der Waals surface area contributed by atoms with Gasteiger partial charge in [0.15, 0.2) is 0 Å². The number of aryl methyl sites for hydroxylation is 1. The first kappa shape index (κ1) is 18.4. The van der Waals surface area contributed by atoms with Crippen molar-refractivity contribution in [3.05, 3.63) is 65.4 Å². The predicted octanol–water partition coefficient (Wildman–Crippen LogP) is 3.57. The monoisotopic (exact) mass is 373 g/mol. The van der Waals surface area contributed by atoms with Crippen molar-refractivity contribution in [3.8, 4) is 0 Å². The number of benzene rings is 2. The number of carbonyl (C=O) groups excluding carboxylic acids is 1. The number of hydrogen-bond acceptors (Lipinski definition) is 2. The topological polar surface area (TPSA) is 94.2 Å². The van der Waals surface area contributed by atoms with E-state index < -0.39 is 29.7 Å². The number of carboxylic acid groups (broad SMARTS) is 1. The second kappa shape index (κ2) is 7.45. The normalized spacial score (nSPS) is 12.0. The van der Waals surface area contributed by atoms with Crippen LogP contribution in [-0.4, -0.2) is 28.1 Å². The maximum atomic E-state index is 13.7. The Bertz CT molecular complexity index is 1020. The minimum atomic E-state index is -1.25. The Morgan fingerprint density at radius 2 is 1.96 bits per heavy atom. The van der Waals surface area contributed by atoms with Gasteiger partial charge in [0, 0.05) is 23.5 Å². The number of hydrogen-bond donors (Lipinski definition) is 4. The molecule has 0 radical (unpaired) electrons. The highest BCUT2D eigenvalue weighted by molar-refractivity contribution is 5.93. The fourth-order valence-electron chi connectivity index (χ4n) is 2.80. The van der Waals surface area contributed by atoms with E-state index in [0.29, 0.717) is 16.5 Å². The number of aromatic amines is 1. The lowest BCUT2D eigenvalue weighted by atomic mass is 10.1. The molecule has 4 N–H and O–H groups in total. The van der Waals surface area contributed by atoms with Crippen LogP contribution in [-0.2, 0) is 11.2 Å². The lowest BCUT2D eigenvalue weighted by Gasteiger charge is -2.15. The molecule has 3 rings (SSSR count). The van der Waals surface area contributed by atoms with Crippen LogP contribution in [0.2, 0.25) is 0 Å². The van der Waals surface area contributed by atoms with Crippen molar-refractivity contribution in [1.29, 1.82) is 0 Å². The molecule has 1 unspecified atom stereocenters. The van der Waals surface area contributed by atoms with E-state index in [9.17, 15) is 23.5 Å². The number of carbonyl (C=O) groups is 2. The first-order chi connectivity index (χ1) is 12.8. The number of carboxylic acids is 1. The minimum absolute atomic E-state index is 0.0231. The van der Waals surface area contributed by atoms with E-state index >= 15 is 0 Å². The van der Waals surface area contributed by atoms with E-state index in [4.69, 9.17) is 0 Å². The van der Waals surface area contributed by atoms with Crippen molar-refractivity contribution in [1.82, 2.24) is 10.3 Å². The quantitative estimate of drug-likeness (QED) is 0.551. The van der Waals surface area contributed by atoms with E-state index in [2.05, 4.69) is 15.6 Å². The van der Waals surface area contributed by atoms with Gasteiger partial charge in [0.05, 0.1) is 5.69 Å². The number of H-pyrrole nitrogens is 1. The summed E-state index contributed by atoms with van der Waals surface area (Å²) in [5.74, 6) is -2.28. The molecule has 1 heterocycles. The van der Waals surface area contributed by atoms with Gasteiger partial charge in [-0.05, 0) is 48.4 Å². The molecule has 0 saturated carbocycles. The van der Waals surface area contributed by atoms with Crippen LogP contribution in [0.15, 0.2) is 42.6 Å². The molecule has 27 heavy (non-hydrogen) atoms. The number of rotatable bonds is 5. The average molecular weight is 373 g/mol. The van der Waals surface area contributed by atoms with Gasteiger partial charge in [-0.1, -0.05) is 6.07 Å². The van der Waals surface area contributed by atoms with Crippen LogP contribution in [0.25, 0.3) is 10.9 Å². The first-order valence-corrected chi connectivity index (χ1v) is 8.15. The summed E-state index contributed by atoms with van der Waals surface area (Å²) in [5.41, 5.74) is 1.84. The van der Waals surface area contributed by atoms with Crippen LogP contribution < -0.4 is 10.6 Å². The van der Waals surface area contributed by atoms with E-state index in [1.165, 1.54) is 30.3 Å². The summed E-state index contributed by atoms with van der Waals surface area (Å²) in [6.07, 6.45) is 1.55. The smallest absolute Gasteiger partial charge is 0.326 e. The van der Waals surface area contributed by atoms with Crippen molar-refractivity contribution in [2.45, 2.75) is 19.4 Å². The molecule has 2 amide bonds. The van der Waals surface area contributed by atoms with Crippen molar-refractivity contribution >= 4 is 28.6 Å². The Labute approximate surface area is 153 Å².